The number of hydrogen-bond acceptors (Lipinski definition) is 7. The topological polar surface area (TPSA) is 82.0 Å². The van der Waals surface area contributed by atoms with E-state index in [0.717, 1.165) is 38.6 Å². The second-order valence-corrected chi connectivity index (χ2v) is 8.11. The molecule has 0 aliphatic rings. The number of pyridine rings is 2. The number of anilines is 2. The standard InChI is InChI=1S/C29H21N5O2/c1-35-27-17-25-24(18-31-27)26(15-16-30-25)36-21-13-11-20(12-14-21)32-29-23-10-6-5-9-22(23)28(33-34-29)19-7-3-2-4-8-19/h2-18H,1H3,(H,32,34). The summed E-state index contributed by atoms with van der Waals surface area (Å²) in [7, 11) is 1.58. The van der Waals surface area contributed by atoms with Gasteiger partial charge in [-0.2, -0.15) is 0 Å². The van der Waals surface area contributed by atoms with Crippen LogP contribution in [-0.2, 0) is 0 Å². The molecule has 0 bridgehead atoms. The molecule has 0 unspecified atom stereocenters. The van der Waals surface area contributed by atoms with Crippen LogP contribution in [-0.4, -0.2) is 27.3 Å². The molecule has 6 rings (SSSR count). The number of ether oxygens (including phenoxy) is 2. The monoisotopic (exact) mass is 471 g/mol. The molecule has 1 N–H and O–H groups in total. The first-order valence-electron chi connectivity index (χ1n) is 11.4. The molecule has 0 amide bonds. The fourth-order valence-corrected chi connectivity index (χ4v) is 4.07. The van der Waals surface area contributed by atoms with E-state index in [4.69, 9.17) is 9.47 Å². The van der Waals surface area contributed by atoms with Crippen LogP contribution < -0.4 is 14.8 Å². The molecule has 6 aromatic rings. The summed E-state index contributed by atoms with van der Waals surface area (Å²) in [4.78, 5) is 8.65. The summed E-state index contributed by atoms with van der Waals surface area (Å²) in [6, 6.07) is 29.5. The predicted molar refractivity (Wildman–Crippen MR) is 141 cm³/mol. The SMILES string of the molecule is COc1cc2nccc(Oc3ccc(Nc4nnc(-c5ccccc5)c5ccccc45)cc3)c2cn1. The number of rotatable bonds is 6. The van der Waals surface area contributed by atoms with Gasteiger partial charge >= 0.3 is 0 Å². The first-order valence-corrected chi connectivity index (χ1v) is 11.4. The molecule has 7 nitrogen and oxygen atoms in total. The van der Waals surface area contributed by atoms with Gasteiger partial charge in [0, 0.05) is 40.5 Å². The van der Waals surface area contributed by atoms with Gasteiger partial charge in [-0.25, -0.2) is 4.98 Å². The molecule has 0 saturated heterocycles. The summed E-state index contributed by atoms with van der Waals surface area (Å²) >= 11 is 0. The number of nitrogens with one attached hydrogen (secondary N) is 1. The Balaban J connectivity index is 1.26. The fraction of sp³-hybridized carbons (Fsp3) is 0.0345. The van der Waals surface area contributed by atoms with Gasteiger partial charge in [0.1, 0.15) is 17.2 Å². The van der Waals surface area contributed by atoms with Crippen molar-refractivity contribution >= 4 is 33.2 Å². The van der Waals surface area contributed by atoms with Crippen molar-refractivity contribution < 1.29 is 9.47 Å². The zero-order chi connectivity index (χ0) is 24.3. The minimum absolute atomic E-state index is 0.509. The van der Waals surface area contributed by atoms with E-state index in [1.807, 2.05) is 78.9 Å². The minimum Gasteiger partial charge on any atom is -0.481 e. The highest BCUT2D eigenvalue weighted by Crippen LogP contribution is 2.33. The van der Waals surface area contributed by atoms with Crippen molar-refractivity contribution in [2.75, 3.05) is 12.4 Å². The molecule has 0 saturated carbocycles. The molecule has 0 radical (unpaired) electrons. The van der Waals surface area contributed by atoms with Crippen LogP contribution in [0.5, 0.6) is 17.4 Å². The molecule has 3 heterocycles. The molecule has 0 fully saturated rings. The number of fused-ring (bicyclic) bond motifs is 2. The van der Waals surface area contributed by atoms with E-state index < -0.39 is 0 Å². The molecule has 0 aliphatic carbocycles. The average molecular weight is 472 g/mol. The van der Waals surface area contributed by atoms with Crippen LogP contribution in [0.4, 0.5) is 11.5 Å². The van der Waals surface area contributed by atoms with Gasteiger partial charge in [-0.15, -0.1) is 10.2 Å². The van der Waals surface area contributed by atoms with E-state index in [2.05, 4.69) is 31.5 Å². The number of benzene rings is 3. The largest absolute Gasteiger partial charge is 0.481 e. The van der Waals surface area contributed by atoms with Gasteiger partial charge < -0.3 is 14.8 Å². The number of aromatic nitrogens is 4. The lowest BCUT2D eigenvalue weighted by Gasteiger charge is -2.12. The summed E-state index contributed by atoms with van der Waals surface area (Å²) in [5, 5.41) is 15.3. The lowest BCUT2D eigenvalue weighted by molar-refractivity contribution is 0.398. The Labute approximate surface area is 207 Å². The highest BCUT2D eigenvalue weighted by atomic mass is 16.5. The van der Waals surface area contributed by atoms with Crippen molar-refractivity contribution in [2.24, 2.45) is 0 Å². The zero-order valence-corrected chi connectivity index (χ0v) is 19.4. The molecule has 3 aromatic carbocycles. The van der Waals surface area contributed by atoms with E-state index in [0.29, 0.717) is 23.2 Å². The molecule has 7 heteroatoms. The number of nitrogens with zero attached hydrogens (tertiary/aromatic N) is 4. The normalized spacial score (nSPS) is 10.9. The Morgan fingerprint density at radius 2 is 1.50 bits per heavy atom. The molecule has 3 aromatic heterocycles. The zero-order valence-electron chi connectivity index (χ0n) is 19.4. The molecule has 0 atom stereocenters. The van der Waals surface area contributed by atoms with Crippen molar-refractivity contribution in [1.29, 1.82) is 0 Å². The van der Waals surface area contributed by atoms with Crippen LogP contribution in [0, 0.1) is 0 Å². The van der Waals surface area contributed by atoms with Crippen molar-refractivity contribution in [1.82, 2.24) is 20.2 Å². The molecule has 36 heavy (non-hydrogen) atoms. The fourth-order valence-electron chi connectivity index (χ4n) is 4.07. The Kier molecular flexibility index (Phi) is 5.56. The van der Waals surface area contributed by atoms with E-state index in [1.165, 1.54) is 0 Å². The summed E-state index contributed by atoms with van der Waals surface area (Å²) in [6.07, 6.45) is 3.41. The Morgan fingerprint density at radius 3 is 2.31 bits per heavy atom. The minimum atomic E-state index is 0.509. The maximum Gasteiger partial charge on any atom is 0.215 e. The van der Waals surface area contributed by atoms with Crippen LogP contribution in [0.1, 0.15) is 0 Å². The summed E-state index contributed by atoms with van der Waals surface area (Å²) in [6.45, 7) is 0. The van der Waals surface area contributed by atoms with Gasteiger partial charge in [0.05, 0.1) is 18.0 Å². The van der Waals surface area contributed by atoms with Gasteiger partial charge in [0.15, 0.2) is 5.82 Å². The van der Waals surface area contributed by atoms with Crippen molar-refractivity contribution in [3.05, 3.63) is 103 Å². The second kappa shape index (κ2) is 9.31. The molecular weight excluding hydrogens is 450 g/mol. The van der Waals surface area contributed by atoms with Crippen LogP contribution in [0.3, 0.4) is 0 Å². The lowest BCUT2D eigenvalue weighted by Crippen LogP contribution is -1.99. The lowest BCUT2D eigenvalue weighted by atomic mass is 10.0. The van der Waals surface area contributed by atoms with E-state index in [1.54, 1.807) is 25.6 Å². The smallest absolute Gasteiger partial charge is 0.215 e. The third-order valence-electron chi connectivity index (χ3n) is 5.85. The molecule has 0 spiro atoms. The summed E-state index contributed by atoms with van der Waals surface area (Å²) in [5.74, 6) is 2.57. The Morgan fingerprint density at radius 1 is 0.722 bits per heavy atom. The van der Waals surface area contributed by atoms with Crippen LogP contribution in [0.25, 0.3) is 32.9 Å². The Hall–Kier alpha value is -5.04. The van der Waals surface area contributed by atoms with Gasteiger partial charge in [-0.1, -0.05) is 54.6 Å². The molecular formula is C29H21N5O2. The number of hydrogen-bond donors (Lipinski definition) is 1. The van der Waals surface area contributed by atoms with Crippen molar-refractivity contribution in [2.45, 2.75) is 0 Å². The third kappa shape index (κ3) is 4.14. The van der Waals surface area contributed by atoms with Crippen molar-refractivity contribution in [3.63, 3.8) is 0 Å². The van der Waals surface area contributed by atoms with E-state index in [-0.39, 0.29) is 0 Å². The maximum atomic E-state index is 6.13. The van der Waals surface area contributed by atoms with E-state index >= 15 is 0 Å². The first-order chi connectivity index (χ1) is 17.8. The Bertz CT molecular complexity index is 1670. The number of methoxy groups -OCH3 is 1. The van der Waals surface area contributed by atoms with Gasteiger partial charge in [0.25, 0.3) is 0 Å². The quantitative estimate of drug-likeness (QED) is 0.286. The highest BCUT2D eigenvalue weighted by Gasteiger charge is 2.11. The maximum absolute atomic E-state index is 6.13. The van der Waals surface area contributed by atoms with Gasteiger partial charge in [-0.3, -0.25) is 4.98 Å². The third-order valence-corrected chi connectivity index (χ3v) is 5.85. The van der Waals surface area contributed by atoms with Crippen LogP contribution in [0.2, 0.25) is 0 Å². The van der Waals surface area contributed by atoms with Gasteiger partial charge in [-0.05, 0) is 30.3 Å². The average Bonchev–Trinajstić information content (AvgIpc) is 2.94. The molecule has 0 aliphatic heterocycles. The highest BCUT2D eigenvalue weighted by molar-refractivity contribution is 6.00. The van der Waals surface area contributed by atoms with Crippen LogP contribution in [0.15, 0.2) is 103 Å². The van der Waals surface area contributed by atoms with Crippen molar-refractivity contribution in [3.8, 4) is 28.6 Å². The van der Waals surface area contributed by atoms with E-state index in [9.17, 15) is 0 Å². The second-order valence-electron chi connectivity index (χ2n) is 8.11. The molecule has 174 valence electrons. The predicted octanol–water partition coefficient (Wildman–Crippen LogP) is 6.78. The summed E-state index contributed by atoms with van der Waals surface area (Å²) in [5.41, 5.74) is 3.52. The van der Waals surface area contributed by atoms with Gasteiger partial charge in [0.2, 0.25) is 5.88 Å². The van der Waals surface area contributed by atoms with Crippen LogP contribution >= 0.6 is 0 Å². The summed E-state index contributed by atoms with van der Waals surface area (Å²) < 4.78 is 11.3. The first kappa shape index (κ1) is 21.5.